The number of nitrogens with one attached hydrogen (secondary N) is 1. The van der Waals surface area contributed by atoms with Crippen molar-refractivity contribution >= 4 is 35.3 Å². The molecule has 2 aromatic rings. The molecule has 2 aromatic carbocycles. The van der Waals surface area contributed by atoms with Crippen LogP contribution < -0.4 is 10.6 Å². The van der Waals surface area contributed by atoms with Gasteiger partial charge in [-0.25, -0.2) is 0 Å². The average Bonchev–Trinajstić information content (AvgIpc) is 2.90. The molecular weight excluding hydrogens is 543 g/mol. The standard InChI is InChI=1S/C28H32F3N5O5/c1-17(32)35-14-11-20(12-15-35)34-27(33)19-7-8-22(37)18(16-19)4-3-13-36(24(39)9-10-25(40)41)21-5-2-6-23(38)26(21)28(29,30)31/h2-8,16,20,32,37-38H,9-15H2,1H3,(H2,33,34)(H,40,41)/b4-3+,32-17?. The van der Waals surface area contributed by atoms with Crippen LogP contribution in [0.4, 0.5) is 18.9 Å². The molecule has 10 nitrogen and oxygen atoms in total. The molecule has 0 radical (unpaired) electrons. The lowest BCUT2D eigenvalue weighted by molar-refractivity contribution is -0.139. The molecule has 0 atom stereocenters. The SMILES string of the molecule is CC(=N)N1CCC(N=C(N)c2ccc(O)c(/C=C/CN(C(=O)CCC(=O)O)c3cccc(O)c3C(F)(F)F)c2)CC1. The highest BCUT2D eigenvalue weighted by atomic mass is 19.4. The second kappa shape index (κ2) is 13.2. The highest BCUT2D eigenvalue weighted by molar-refractivity contribution is 5.98. The number of phenols is 2. The van der Waals surface area contributed by atoms with E-state index in [2.05, 4.69) is 4.99 Å². The Morgan fingerprint density at radius 3 is 2.44 bits per heavy atom. The number of aliphatic imine (C=N–C) groups is 1. The Bertz CT molecular complexity index is 1350. The summed E-state index contributed by atoms with van der Waals surface area (Å²) < 4.78 is 41.3. The van der Waals surface area contributed by atoms with E-state index in [0.717, 1.165) is 35.9 Å². The van der Waals surface area contributed by atoms with Gasteiger partial charge in [0.25, 0.3) is 0 Å². The Hall–Kier alpha value is -4.55. The smallest absolute Gasteiger partial charge is 0.421 e. The number of carboxylic acids is 1. The number of hydrogen-bond donors (Lipinski definition) is 5. The van der Waals surface area contributed by atoms with Crippen LogP contribution in [0.3, 0.4) is 0 Å². The summed E-state index contributed by atoms with van der Waals surface area (Å²) in [5, 5.41) is 37.0. The third-order valence-corrected chi connectivity index (χ3v) is 6.62. The molecular formula is C28H32F3N5O5. The summed E-state index contributed by atoms with van der Waals surface area (Å²) in [7, 11) is 0. The minimum Gasteiger partial charge on any atom is -0.507 e. The second-order valence-electron chi connectivity index (χ2n) is 9.56. The molecule has 0 aliphatic carbocycles. The molecule has 220 valence electrons. The Morgan fingerprint density at radius 2 is 1.83 bits per heavy atom. The van der Waals surface area contributed by atoms with Crippen LogP contribution in [0.2, 0.25) is 0 Å². The van der Waals surface area contributed by atoms with E-state index in [4.69, 9.17) is 16.2 Å². The summed E-state index contributed by atoms with van der Waals surface area (Å²) >= 11 is 0. The number of carboxylic acid groups (broad SMARTS) is 1. The maximum atomic E-state index is 13.8. The predicted octanol–water partition coefficient (Wildman–Crippen LogP) is 4.19. The van der Waals surface area contributed by atoms with Gasteiger partial charge in [0, 0.05) is 37.2 Å². The minimum absolute atomic E-state index is 0.0334. The van der Waals surface area contributed by atoms with Gasteiger partial charge in [-0.15, -0.1) is 0 Å². The molecule has 1 amide bonds. The summed E-state index contributed by atoms with van der Waals surface area (Å²) in [6.45, 7) is 2.70. The van der Waals surface area contributed by atoms with E-state index in [1.807, 2.05) is 4.90 Å². The number of aliphatic carboxylic acids is 1. The fourth-order valence-electron chi connectivity index (χ4n) is 4.46. The molecule has 0 spiro atoms. The van der Waals surface area contributed by atoms with Crippen LogP contribution in [-0.4, -0.2) is 69.4 Å². The number of carbonyl (C=O) groups excluding carboxylic acids is 1. The van der Waals surface area contributed by atoms with E-state index in [9.17, 15) is 33.0 Å². The number of halogens is 3. The first-order chi connectivity index (χ1) is 19.3. The molecule has 1 heterocycles. The minimum atomic E-state index is -4.99. The maximum absolute atomic E-state index is 13.8. The fourth-order valence-corrected chi connectivity index (χ4v) is 4.46. The summed E-state index contributed by atoms with van der Waals surface area (Å²) in [6, 6.07) is 7.49. The van der Waals surface area contributed by atoms with Crippen LogP contribution in [0.15, 0.2) is 47.5 Å². The van der Waals surface area contributed by atoms with Crippen LogP contribution in [0, 0.1) is 5.41 Å². The molecule has 1 aliphatic heterocycles. The lowest BCUT2D eigenvalue weighted by atomic mass is 10.0. The number of carbonyl (C=O) groups is 2. The number of piperidine rings is 1. The number of amidine groups is 2. The van der Waals surface area contributed by atoms with Gasteiger partial charge in [-0.3, -0.25) is 20.0 Å². The zero-order valence-electron chi connectivity index (χ0n) is 22.4. The van der Waals surface area contributed by atoms with Gasteiger partial charge in [0.15, 0.2) is 0 Å². The summed E-state index contributed by atoms with van der Waals surface area (Å²) in [6.07, 6.45) is -1.97. The van der Waals surface area contributed by atoms with Gasteiger partial charge < -0.3 is 30.9 Å². The predicted molar refractivity (Wildman–Crippen MR) is 148 cm³/mol. The number of benzene rings is 2. The number of rotatable bonds is 9. The Morgan fingerprint density at radius 1 is 1.15 bits per heavy atom. The number of likely N-dealkylation sites (tertiary alicyclic amines) is 1. The van der Waals surface area contributed by atoms with Crippen LogP contribution >= 0.6 is 0 Å². The molecule has 6 N–H and O–H groups in total. The van der Waals surface area contributed by atoms with Crippen molar-refractivity contribution in [1.29, 1.82) is 5.41 Å². The van der Waals surface area contributed by atoms with Gasteiger partial charge in [0.05, 0.1) is 24.0 Å². The molecule has 13 heteroatoms. The number of amides is 1. The van der Waals surface area contributed by atoms with Crippen molar-refractivity contribution in [2.75, 3.05) is 24.5 Å². The van der Waals surface area contributed by atoms with Crippen LogP contribution in [0.5, 0.6) is 11.5 Å². The van der Waals surface area contributed by atoms with Crippen molar-refractivity contribution in [2.45, 2.75) is 44.8 Å². The largest absolute Gasteiger partial charge is 0.507 e. The molecule has 0 bridgehead atoms. The Balaban J connectivity index is 1.85. The number of nitrogens with zero attached hydrogens (tertiary/aromatic N) is 3. The molecule has 1 fully saturated rings. The summed E-state index contributed by atoms with van der Waals surface area (Å²) in [5.74, 6) is -2.68. The number of anilines is 1. The van der Waals surface area contributed by atoms with Crippen LogP contribution in [0.25, 0.3) is 6.08 Å². The summed E-state index contributed by atoms with van der Waals surface area (Å²) in [4.78, 5) is 31.1. The number of phenolic OH excluding ortho intramolecular Hbond substituents is 2. The molecule has 1 aliphatic rings. The zero-order chi connectivity index (χ0) is 30.3. The highest BCUT2D eigenvalue weighted by Crippen LogP contribution is 2.42. The molecule has 0 aromatic heterocycles. The van der Waals surface area contributed by atoms with Crippen molar-refractivity contribution in [1.82, 2.24) is 4.90 Å². The molecule has 3 rings (SSSR count). The van der Waals surface area contributed by atoms with Gasteiger partial charge in [0.1, 0.15) is 22.9 Å². The van der Waals surface area contributed by atoms with Crippen molar-refractivity contribution in [3.05, 3.63) is 59.2 Å². The van der Waals surface area contributed by atoms with Crippen molar-refractivity contribution in [3.63, 3.8) is 0 Å². The van der Waals surface area contributed by atoms with E-state index in [-0.39, 0.29) is 23.2 Å². The topological polar surface area (TPSA) is 164 Å². The van der Waals surface area contributed by atoms with Crippen molar-refractivity contribution in [3.8, 4) is 11.5 Å². The summed E-state index contributed by atoms with van der Waals surface area (Å²) in [5.41, 5.74) is 4.94. The normalized spacial score (nSPS) is 14.8. The van der Waals surface area contributed by atoms with Crippen molar-refractivity contribution < 1.29 is 38.1 Å². The van der Waals surface area contributed by atoms with Gasteiger partial charge in [-0.1, -0.05) is 18.2 Å². The van der Waals surface area contributed by atoms with E-state index in [1.54, 1.807) is 19.1 Å². The van der Waals surface area contributed by atoms with E-state index < -0.39 is 54.4 Å². The maximum Gasteiger partial charge on any atom is 0.421 e. The second-order valence-corrected chi connectivity index (χ2v) is 9.56. The number of hydrogen-bond acceptors (Lipinski definition) is 6. The molecule has 0 unspecified atom stereocenters. The quantitative estimate of drug-likeness (QED) is 0.221. The first-order valence-electron chi connectivity index (χ1n) is 12.8. The zero-order valence-corrected chi connectivity index (χ0v) is 22.4. The first kappa shape index (κ1) is 31.0. The number of aromatic hydroxyl groups is 2. The van der Waals surface area contributed by atoms with Crippen LogP contribution in [0.1, 0.15) is 49.3 Å². The monoisotopic (exact) mass is 575 g/mol. The number of nitrogens with two attached hydrogens (primary N) is 1. The van der Waals surface area contributed by atoms with Gasteiger partial charge >= 0.3 is 12.1 Å². The lowest BCUT2D eigenvalue weighted by Gasteiger charge is -2.31. The third-order valence-electron chi connectivity index (χ3n) is 6.62. The first-order valence-corrected chi connectivity index (χ1v) is 12.8. The Kier molecular flexibility index (Phi) is 9.98. The third kappa shape index (κ3) is 8.22. The van der Waals surface area contributed by atoms with Gasteiger partial charge in [-0.05, 0) is 50.1 Å². The average molecular weight is 576 g/mol. The van der Waals surface area contributed by atoms with E-state index in [0.29, 0.717) is 24.5 Å². The molecule has 41 heavy (non-hydrogen) atoms. The highest BCUT2D eigenvalue weighted by Gasteiger charge is 2.39. The Labute approximate surface area is 234 Å². The lowest BCUT2D eigenvalue weighted by Crippen LogP contribution is -2.38. The molecule has 1 saturated heterocycles. The van der Waals surface area contributed by atoms with Crippen molar-refractivity contribution in [2.24, 2.45) is 10.7 Å². The van der Waals surface area contributed by atoms with E-state index >= 15 is 0 Å². The van der Waals surface area contributed by atoms with E-state index in [1.165, 1.54) is 18.2 Å². The molecule has 0 saturated carbocycles. The van der Waals surface area contributed by atoms with Gasteiger partial charge in [-0.2, -0.15) is 13.2 Å². The van der Waals surface area contributed by atoms with Gasteiger partial charge in [0.2, 0.25) is 5.91 Å². The number of alkyl halides is 3. The van der Waals surface area contributed by atoms with Crippen LogP contribution in [-0.2, 0) is 15.8 Å². The fraction of sp³-hybridized carbons (Fsp3) is 0.357.